The number of aliphatic hydroxyl groups is 1. The number of hydrogen-bond donors (Lipinski definition) is 1. The third-order valence-electron chi connectivity index (χ3n) is 6.06. The molecule has 2 atom stereocenters. The molecule has 0 aliphatic carbocycles. The number of nitrogens with zero attached hydrogens (tertiary/aromatic N) is 2. The minimum Gasteiger partial charge on any atom is -0.491 e. The fraction of sp³-hybridized carbons (Fsp3) is 0.500. The van der Waals surface area contributed by atoms with E-state index in [9.17, 15) is 9.90 Å². The largest absolute Gasteiger partial charge is 0.491 e. The quantitative estimate of drug-likeness (QED) is 0.502. The molecule has 1 aromatic heterocycles. The minimum absolute atomic E-state index is 0.0870. The Hall–Kier alpha value is -2.15. The lowest BCUT2D eigenvalue weighted by Crippen LogP contribution is -2.49. The summed E-state index contributed by atoms with van der Waals surface area (Å²) in [6.45, 7) is 11.8. The van der Waals surface area contributed by atoms with Crippen molar-refractivity contribution in [1.82, 2.24) is 9.80 Å². The van der Waals surface area contributed by atoms with Gasteiger partial charge in [0.05, 0.1) is 18.7 Å². The first-order valence-corrected chi connectivity index (χ1v) is 12.3. The molecule has 0 spiro atoms. The first kappa shape index (κ1) is 24.5. The average Bonchev–Trinajstić information content (AvgIpc) is 3.25. The molecule has 0 saturated carbocycles. The molecule has 2 aromatic rings. The summed E-state index contributed by atoms with van der Waals surface area (Å²) in [7, 11) is 0. The van der Waals surface area contributed by atoms with Crippen LogP contribution in [0.2, 0.25) is 0 Å². The number of fused-ring (bicyclic) bond motifs is 1. The second kappa shape index (κ2) is 11.6. The van der Waals surface area contributed by atoms with Crippen molar-refractivity contribution in [1.29, 1.82) is 0 Å². The van der Waals surface area contributed by atoms with E-state index in [1.165, 1.54) is 16.0 Å². The summed E-state index contributed by atoms with van der Waals surface area (Å²) in [5.41, 5.74) is 2.39. The van der Waals surface area contributed by atoms with Gasteiger partial charge in [0.25, 0.3) is 0 Å². The van der Waals surface area contributed by atoms with Crippen molar-refractivity contribution in [3.8, 4) is 5.75 Å². The molecule has 0 fully saturated rings. The summed E-state index contributed by atoms with van der Waals surface area (Å²) in [5, 5.41) is 12.5. The van der Waals surface area contributed by atoms with Crippen molar-refractivity contribution >= 4 is 17.2 Å². The normalized spacial score (nSPS) is 16.8. The fourth-order valence-corrected chi connectivity index (χ4v) is 5.01. The van der Waals surface area contributed by atoms with E-state index >= 15 is 0 Å². The first-order chi connectivity index (χ1) is 15.4. The highest BCUT2D eigenvalue weighted by Gasteiger charge is 2.33. The number of amides is 1. The van der Waals surface area contributed by atoms with E-state index in [4.69, 9.17) is 4.74 Å². The Bertz CT molecular complexity index is 877. The zero-order valence-corrected chi connectivity index (χ0v) is 20.3. The standard InChI is InChI=1S/C26H36N2O3S/c1-5-6-7-21(29)16-27(19(2)3)17-26(30)28-14-12-25-23(13-15-32-25)24(28)18-31-22-10-8-20(4)9-11-22/h5,8-11,13,15,19,21,24,29H,1,6-7,12,14,16-18H2,2-4H3/t21-,24+/m1/s1. The Morgan fingerprint density at radius 3 is 2.78 bits per heavy atom. The van der Waals surface area contributed by atoms with E-state index < -0.39 is 6.10 Å². The molecule has 1 aliphatic rings. The van der Waals surface area contributed by atoms with Gasteiger partial charge < -0.3 is 14.7 Å². The zero-order valence-electron chi connectivity index (χ0n) is 19.5. The second-order valence-electron chi connectivity index (χ2n) is 8.82. The van der Waals surface area contributed by atoms with Gasteiger partial charge in [-0.3, -0.25) is 9.69 Å². The molecule has 0 bridgehead atoms. The maximum Gasteiger partial charge on any atom is 0.237 e. The predicted molar refractivity (Wildman–Crippen MR) is 131 cm³/mol. The zero-order chi connectivity index (χ0) is 23.1. The number of benzene rings is 1. The Morgan fingerprint density at radius 1 is 1.34 bits per heavy atom. The van der Waals surface area contributed by atoms with Crippen LogP contribution >= 0.6 is 11.3 Å². The Morgan fingerprint density at radius 2 is 2.09 bits per heavy atom. The highest BCUT2D eigenvalue weighted by Crippen LogP contribution is 2.34. The number of rotatable bonds is 11. The lowest BCUT2D eigenvalue weighted by atomic mass is 10.00. The van der Waals surface area contributed by atoms with Gasteiger partial charge in [-0.15, -0.1) is 17.9 Å². The van der Waals surface area contributed by atoms with Gasteiger partial charge in [0, 0.05) is 24.0 Å². The van der Waals surface area contributed by atoms with Crippen molar-refractivity contribution in [3.05, 3.63) is 64.4 Å². The molecule has 0 unspecified atom stereocenters. The van der Waals surface area contributed by atoms with Crippen molar-refractivity contribution in [3.63, 3.8) is 0 Å². The van der Waals surface area contributed by atoms with Crippen molar-refractivity contribution < 1.29 is 14.6 Å². The molecular weight excluding hydrogens is 420 g/mol. The lowest BCUT2D eigenvalue weighted by Gasteiger charge is -2.38. The van der Waals surface area contributed by atoms with Crippen LogP contribution < -0.4 is 4.74 Å². The number of aliphatic hydroxyl groups excluding tert-OH is 1. The van der Waals surface area contributed by atoms with Crippen LogP contribution in [0.4, 0.5) is 0 Å². The van der Waals surface area contributed by atoms with Crippen LogP contribution in [0.1, 0.15) is 48.7 Å². The fourth-order valence-electron chi connectivity index (χ4n) is 4.08. The van der Waals surface area contributed by atoms with Gasteiger partial charge in [-0.25, -0.2) is 0 Å². The van der Waals surface area contributed by atoms with Gasteiger partial charge in [-0.1, -0.05) is 23.8 Å². The summed E-state index contributed by atoms with van der Waals surface area (Å²) in [5.74, 6) is 0.906. The summed E-state index contributed by atoms with van der Waals surface area (Å²) in [6.07, 6.45) is 3.67. The average molecular weight is 457 g/mol. The molecule has 1 aromatic carbocycles. The number of carbonyl (C=O) groups is 1. The molecule has 0 saturated heterocycles. The Labute approximate surface area is 196 Å². The van der Waals surface area contributed by atoms with Crippen LogP contribution in [0, 0.1) is 6.92 Å². The first-order valence-electron chi connectivity index (χ1n) is 11.5. The van der Waals surface area contributed by atoms with E-state index in [0.717, 1.165) is 18.6 Å². The molecule has 5 nitrogen and oxygen atoms in total. The minimum atomic E-state index is -0.464. The smallest absolute Gasteiger partial charge is 0.237 e. The van der Waals surface area contributed by atoms with Crippen molar-refractivity contribution in [2.75, 3.05) is 26.2 Å². The van der Waals surface area contributed by atoms with Crippen molar-refractivity contribution in [2.24, 2.45) is 0 Å². The van der Waals surface area contributed by atoms with E-state index in [2.05, 4.69) is 43.7 Å². The van der Waals surface area contributed by atoms with Gasteiger partial charge in [0.15, 0.2) is 0 Å². The number of ether oxygens (including phenoxy) is 1. The van der Waals surface area contributed by atoms with Gasteiger partial charge in [-0.2, -0.15) is 0 Å². The second-order valence-corrected chi connectivity index (χ2v) is 9.82. The maximum atomic E-state index is 13.4. The summed E-state index contributed by atoms with van der Waals surface area (Å²) < 4.78 is 6.12. The Balaban J connectivity index is 1.70. The van der Waals surface area contributed by atoms with Gasteiger partial charge in [0.1, 0.15) is 12.4 Å². The molecule has 1 aliphatic heterocycles. The van der Waals surface area contributed by atoms with Crippen molar-refractivity contribution in [2.45, 2.75) is 58.2 Å². The van der Waals surface area contributed by atoms with Crippen LogP contribution in [0.3, 0.4) is 0 Å². The lowest BCUT2D eigenvalue weighted by molar-refractivity contribution is -0.137. The maximum absolute atomic E-state index is 13.4. The predicted octanol–water partition coefficient (Wildman–Crippen LogP) is 4.60. The molecule has 6 heteroatoms. The van der Waals surface area contributed by atoms with Gasteiger partial charge >= 0.3 is 0 Å². The Kier molecular flexibility index (Phi) is 8.91. The molecular formula is C26H36N2O3S. The summed E-state index contributed by atoms with van der Waals surface area (Å²) >= 11 is 1.76. The van der Waals surface area contributed by atoms with Crippen LogP contribution in [0.15, 0.2) is 48.4 Å². The van der Waals surface area contributed by atoms with Gasteiger partial charge in [0.2, 0.25) is 5.91 Å². The molecule has 32 heavy (non-hydrogen) atoms. The van der Waals surface area contributed by atoms with E-state index in [1.54, 1.807) is 11.3 Å². The molecule has 1 N–H and O–H groups in total. The van der Waals surface area contributed by atoms with Crippen LogP contribution in [-0.2, 0) is 11.2 Å². The van der Waals surface area contributed by atoms with Crippen LogP contribution in [0.25, 0.3) is 0 Å². The van der Waals surface area contributed by atoms with E-state index in [-0.39, 0.29) is 18.0 Å². The molecule has 2 heterocycles. The van der Waals surface area contributed by atoms with Crippen LogP contribution in [0.5, 0.6) is 5.75 Å². The van der Waals surface area contributed by atoms with Crippen LogP contribution in [-0.4, -0.2) is 59.2 Å². The van der Waals surface area contributed by atoms with E-state index in [1.807, 2.05) is 35.2 Å². The number of carbonyl (C=O) groups excluding carboxylic acids is 1. The summed E-state index contributed by atoms with van der Waals surface area (Å²) in [6, 6.07) is 10.2. The van der Waals surface area contributed by atoms with E-state index in [0.29, 0.717) is 32.7 Å². The number of hydrogen-bond acceptors (Lipinski definition) is 5. The number of allylic oxidation sites excluding steroid dienone is 1. The van der Waals surface area contributed by atoms with Gasteiger partial charge in [-0.05, 0) is 69.2 Å². The SMILES string of the molecule is C=CCC[C@@H](O)CN(CC(=O)N1CCc2sccc2[C@@H]1COc1ccc(C)cc1)C(C)C. The summed E-state index contributed by atoms with van der Waals surface area (Å²) in [4.78, 5) is 18.8. The third-order valence-corrected chi connectivity index (χ3v) is 7.06. The third kappa shape index (κ3) is 6.44. The number of thiophene rings is 1. The monoisotopic (exact) mass is 456 g/mol. The topological polar surface area (TPSA) is 53.0 Å². The highest BCUT2D eigenvalue weighted by molar-refractivity contribution is 7.10. The molecule has 3 rings (SSSR count). The molecule has 0 radical (unpaired) electrons. The molecule has 174 valence electrons. The highest BCUT2D eigenvalue weighted by atomic mass is 32.1. The number of aryl methyl sites for hydroxylation is 1. The molecule has 1 amide bonds.